The van der Waals surface area contributed by atoms with Gasteiger partial charge in [0.1, 0.15) is 0 Å². The van der Waals surface area contributed by atoms with Gasteiger partial charge in [-0.25, -0.2) is 9.48 Å². The van der Waals surface area contributed by atoms with Crippen LogP contribution in [0.2, 0.25) is 0 Å². The van der Waals surface area contributed by atoms with Crippen molar-refractivity contribution in [2.24, 2.45) is 0 Å². The molecular weight excluding hydrogens is 330 g/mol. The van der Waals surface area contributed by atoms with Gasteiger partial charge in [-0.15, -0.1) is 0 Å². The Balaban J connectivity index is 1.67. The number of carbonyl (C=O) groups excluding carboxylic acids is 2. The van der Waals surface area contributed by atoms with Crippen molar-refractivity contribution in [3.63, 3.8) is 0 Å². The van der Waals surface area contributed by atoms with Crippen molar-refractivity contribution in [1.82, 2.24) is 14.8 Å². The summed E-state index contributed by atoms with van der Waals surface area (Å²) in [5.74, 6) is -0.850. The molecule has 132 valence electrons. The van der Waals surface area contributed by atoms with Crippen molar-refractivity contribution in [2.75, 3.05) is 6.61 Å². The third-order valence-electron chi connectivity index (χ3n) is 3.98. The Morgan fingerprint density at radius 1 is 1.15 bits per heavy atom. The zero-order valence-corrected chi connectivity index (χ0v) is 14.6. The van der Waals surface area contributed by atoms with Crippen molar-refractivity contribution in [3.05, 3.63) is 77.4 Å². The quantitative estimate of drug-likeness (QED) is 0.421. The number of H-pyrrole nitrogens is 1. The van der Waals surface area contributed by atoms with Gasteiger partial charge in [0.15, 0.2) is 6.61 Å². The molecule has 2 aromatic heterocycles. The smallest absolute Gasteiger partial charge is 0.331 e. The Labute approximate surface area is 151 Å². The molecule has 0 unspecified atom stereocenters. The predicted molar refractivity (Wildman–Crippen MR) is 98.2 cm³/mol. The molecule has 0 aliphatic heterocycles. The summed E-state index contributed by atoms with van der Waals surface area (Å²) >= 11 is 0. The van der Waals surface area contributed by atoms with Crippen LogP contribution in [0, 0.1) is 13.8 Å². The molecule has 0 amide bonds. The van der Waals surface area contributed by atoms with Gasteiger partial charge in [0.2, 0.25) is 5.78 Å². The lowest BCUT2D eigenvalue weighted by atomic mass is 10.2. The maximum atomic E-state index is 11.9. The van der Waals surface area contributed by atoms with Gasteiger partial charge in [-0.05, 0) is 44.2 Å². The van der Waals surface area contributed by atoms with Gasteiger partial charge < -0.3 is 9.72 Å². The molecule has 0 atom stereocenters. The van der Waals surface area contributed by atoms with Gasteiger partial charge in [-0.1, -0.05) is 18.2 Å². The highest BCUT2D eigenvalue weighted by Gasteiger charge is 2.12. The molecule has 3 aromatic rings. The van der Waals surface area contributed by atoms with E-state index >= 15 is 0 Å². The van der Waals surface area contributed by atoms with E-state index < -0.39 is 5.97 Å². The molecule has 0 saturated heterocycles. The highest BCUT2D eigenvalue weighted by molar-refractivity contribution is 5.97. The number of carbonyl (C=O) groups is 2. The SMILES string of the molecule is Cc1nn(-c2ccccc2)c(C)c1/C=C/C(=O)OCC(=O)c1ccc[nH]1. The summed E-state index contributed by atoms with van der Waals surface area (Å²) in [5.41, 5.74) is 3.93. The second-order valence-electron chi connectivity index (χ2n) is 5.78. The number of hydrogen-bond donors (Lipinski definition) is 1. The Morgan fingerprint density at radius 2 is 1.92 bits per heavy atom. The third-order valence-corrected chi connectivity index (χ3v) is 3.98. The summed E-state index contributed by atoms with van der Waals surface area (Å²) in [7, 11) is 0. The minimum atomic E-state index is -0.573. The van der Waals surface area contributed by atoms with Crippen LogP contribution in [0.25, 0.3) is 11.8 Å². The first-order chi connectivity index (χ1) is 12.6. The fraction of sp³-hybridized carbons (Fsp3) is 0.150. The molecular formula is C20H19N3O3. The minimum Gasteiger partial charge on any atom is -0.454 e. The average Bonchev–Trinajstić information content (AvgIpc) is 3.28. The van der Waals surface area contributed by atoms with E-state index in [1.165, 1.54) is 6.08 Å². The first-order valence-electron chi connectivity index (χ1n) is 8.19. The number of aromatic nitrogens is 3. The van der Waals surface area contributed by atoms with Crippen LogP contribution in [-0.4, -0.2) is 33.1 Å². The molecule has 6 nitrogen and oxygen atoms in total. The Morgan fingerprint density at radius 3 is 2.62 bits per heavy atom. The predicted octanol–water partition coefficient (Wildman–Crippen LogP) is 3.26. The number of Topliss-reactive ketones (excluding diaryl/α,β-unsaturated/α-hetero) is 1. The van der Waals surface area contributed by atoms with E-state index in [0.717, 1.165) is 22.6 Å². The molecule has 0 aliphatic rings. The summed E-state index contributed by atoms with van der Waals surface area (Å²) in [6, 6.07) is 13.1. The van der Waals surface area contributed by atoms with E-state index in [-0.39, 0.29) is 12.4 Å². The summed E-state index contributed by atoms with van der Waals surface area (Å²) in [5, 5.41) is 4.52. The first-order valence-corrected chi connectivity index (χ1v) is 8.19. The number of aromatic amines is 1. The van der Waals surface area contributed by atoms with Crippen LogP contribution in [0.3, 0.4) is 0 Å². The summed E-state index contributed by atoms with van der Waals surface area (Å²) < 4.78 is 6.83. The van der Waals surface area contributed by atoms with Crippen molar-refractivity contribution in [3.8, 4) is 5.69 Å². The van der Waals surface area contributed by atoms with Gasteiger partial charge >= 0.3 is 5.97 Å². The van der Waals surface area contributed by atoms with Gasteiger partial charge in [0.25, 0.3) is 0 Å². The Bertz CT molecular complexity index is 938. The summed E-state index contributed by atoms with van der Waals surface area (Å²) in [6.07, 6.45) is 4.62. The number of benzene rings is 1. The van der Waals surface area contributed by atoms with Gasteiger partial charge in [0, 0.05) is 23.5 Å². The lowest BCUT2D eigenvalue weighted by Gasteiger charge is -2.03. The van der Waals surface area contributed by atoms with Crippen molar-refractivity contribution < 1.29 is 14.3 Å². The minimum absolute atomic E-state index is 0.277. The molecule has 0 bridgehead atoms. The number of hydrogen-bond acceptors (Lipinski definition) is 4. The van der Waals surface area contributed by atoms with Gasteiger partial charge in [-0.2, -0.15) is 5.10 Å². The molecule has 2 heterocycles. The Hall–Kier alpha value is -3.41. The monoisotopic (exact) mass is 349 g/mol. The molecule has 0 fully saturated rings. The fourth-order valence-electron chi connectivity index (χ4n) is 2.63. The van der Waals surface area contributed by atoms with Crippen molar-refractivity contribution >= 4 is 17.8 Å². The lowest BCUT2D eigenvalue weighted by molar-refractivity contribution is -0.136. The number of nitrogens with zero attached hydrogens (tertiary/aromatic N) is 2. The lowest BCUT2D eigenvalue weighted by Crippen LogP contribution is -2.12. The van der Waals surface area contributed by atoms with Crippen LogP contribution in [0.15, 0.2) is 54.7 Å². The van der Waals surface area contributed by atoms with E-state index in [4.69, 9.17) is 4.74 Å². The van der Waals surface area contributed by atoms with E-state index in [0.29, 0.717) is 5.69 Å². The van der Waals surface area contributed by atoms with Crippen LogP contribution in [0.4, 0.5) is 0 Å². The molecule has 0 aliphatic carbocycles. The highest BCUT2D eigenvalue weighted by atomic mass is 16.5. The number of rotatable bonds is 6. The molecule has 1 aromatic carbocycles. The topological polar surface area (TPSA) is 77.0 Å². The van der Waals surface area contributed by atoms with Crippen molar-refractivity contribution in [1.29, 1.82) is 0 Å². The van der Waals surface area contributed by atoms with Crippen LogP contribution in [0.5, 0.6) is 0 Å². The largest absolute Gasteiger partial charge is 0.454 e. The number of ether oxygens (including phenoxy) is 1. The molecule has 26 heavy (non-hydrogen) atoms. The van der Waals surface area contributed by atoms with Gasteiger partial charge in [0.05, 0.1) is 17.1 Å². The number of ketones is 1. The zero-order chi connectivity index (χ0) is 18.5. The fourth-order valence-corrected chi connectivity index (χ4v) is 2.63. The van der Waals surface area contributed by atoms with E-state index in [2.05, 4.69) is 10.1 Å². The first kappa shape index (κ1) is 17.4. The number of nitrogens with one attached hydrogen (secondary N) is 1. The van der Waals surface area contributed by atoms with Crippen LogP contribution in [-0.2, 0) is 9.53 Å². The normalized spacial score (nSPS) is 11.0. The second kappa shape index (κ2) is 7.65. The molecule has 6 heteroatoms. The number of para-hydroxylation sites is 1. The van der Waals surface area contributed by atoms with Crippen LogP contribution >= 0.6 is 0 Å². The third kappa shape index (κ3) is 3.80. The zero-order valence-electron chi connectivity index (χ0n) is 14.6. The molecule has 0 saturated carbocycles. The standard InChI is InChI=1S/C20H19N3O3/c1-14-17(15(2)23(22-14)16-7-4-3-5-8-16)10-11-20(25)26-13-19(24)18-9-6-12-21-18/h3-12,21H,13H2,1-2H3/b11-10+. The van der Waals surface area contributed by atoms with Crippen molar-refractivity contribution in [2.45, 2.75) is 13.8 Å². The summed E-state index contributed by atoms with van der Waals surface area (Å²) in [4.78, 5) is 26.5. The molecule has 0 spiro atoms. The molecule has 0 radical (unpaired) electrons. The van der Waals surface area contributed by atoms with E-state index in [1.807, 2.05) is 48.9 Å². The number of aryl methyl sites for hydroxylation is 1. The Kier molecular flexibility index (Phi) is 5.12. The molecule has 1 N–H and O–H groups in total. The highest BCUT2D eigenvalue weighted by Crippen LogP contribution is 2.19. The second-order valence-corrected chi connectivity index (χ2v) is 5.78. The maximum absolute atomic E-state index is 11.9. The maximum Gasteiger partial charge on any atom is 0.331 e. The van der Waals surface area contributed by atoms with Crippen LogP contribution in [0.1, 0.15) is 27.4 Å². The number of esters is 1. The average molecular weight is 349 g/mol. The van der Waals surface area contributed by atoms with E-state index in [1.54, 1.807) is 24.4 Å². The van der Waals surface area contributed by atoms with Crippen LogP contribution < -0.4 is 0 Å². The van der Waals surface area contributed by atoms with Gasteiger partial charge in [-0.3, -0.25) is 4.79 Å². The summed E-state index contributed by atoms with van der Waals surface area (Å²) in [6.45, 7) is 3.52. The van der Waals surface area contributed by atoms with E-state index in [9.17, 15) is 9.59 Å². The molecule has 3 rings (SSSR count).